The molecule has 0 aromatic heterocycles. The molecule has 0 spiro atoms. The van der Waals surface area contributed by atoms with E-state index in [2.05, 4.69) is 46.4 Å². The Hall–Kier alpha value is -2.63. The minimum absolute atomic E-state index is 0.0487. The Morgan fingerprint density at radius 3 is 2.19 bits per heavy atom. The Bertz CT molecular complexity index is 949. The van der Waals surface area contributed by atoms with E-state index in [1.165, 1.54) is 0 Å². The zero-order valence-electron chi connectivity index (χ0n) is 23.3. The van der Waals surface area contributed by atoms with E-state index in [1.54, 1.807) is 21.3 Å². The number of benzene rings is 2. The van der Waals surface area contributed by atoms with Crippen molar-refractivity contribution >= 4 is 11.4 Å². The molecule has 1 fully saturated rings. The van der Waals surface area contributed by atoms with Gasteiger partial charge in [-0.2, -0.15) is 5.26 Å². The van der Waals surface area contributed by atoms with Gasteiger partial charge in [-0.1, -0.05) is 13.8 Å². The smallest absolute Gasteiger partial charge is 0.125 e. The number of methoxy groups -OCH3 is 2. The van der Waals surface area contributed by atoms with E-state index in [1.807, 2.05) is 37.3 Å². The third-order valence-corrected chi connectivity index (χ3v) is 6.33. The van der Waals surface area contributed by atoms with Gasteiger partial charge in [0.15, 0.2) is 0 Å². The third-order valence-electron chi connectivity index (χ3n) is 6.33. The first-order chi connectivity index (χ1) is 17.9. The van der Waals surface area contributed by atoms with E-state index >= 15 is 0 Å². The van der Waals surface area contributed by atoms with Crippen LogP contribution >= 0.6 is 0 Å². The van der Waals surface area contributed by atoms with Crippen LogP contribution < -0.4 is 9.64 Å². The summed E-state index contributed by atoms with van der Waals surface area (Å²) in [6.45, 7) is 9.55. The predicted molar refractivity (Wildman–Crippen MR) is 147 cm³/mol. The molecule has 37 heavy (non-hydrogen) atoms. The van der Waals surface area contributed by atoms with Crippen molar-refractivity contribution in [2.75, 3.05) is 52.6 Å². The molecule has 0 amide bonds. The quantitative estimate of drug-likeness (QED) is 0.517. The highest BCUT2D eigenvalue weighted by atomic mass is 16.5. The number of aliphatic hydroxyl groups excluding tert-OH is 1. The molecule has 1 N–H and O–H groups in total. The third kappa shape index (κ3) is 9.32. The zero-order chi connectivity index (χ0) is 27.2. The average molecular weight is 513 g/mol. The van der Waals surface area contributed by atoms with Gasteiger partial charge in [-0.25, -0.2) is 0 Å². The van der Waals surface area contributed by atoms with Gasteiger partial charge >= 0.3 is 0 Å². The second-order valence-electron chi connectivity index (χ2n) is 9.73. The molecule has 2 atom stereocenters. The molecule has 4 rings (SSSR count). The molecule has 7 nitrogen and oxygen atoms in total. The molecule has 7 heteroatoms. The minimum atomic E-state index is -0.525. The predicted octanol–water partition coefficient (Wildman–Crippen LogP) is 5.88. The molecule has 2 heterocycles. The summed E-state index contributed by atoms with van der Waals surface area (Å²) in [5, 5.41) is 20.0. The molecule has 0 aliphatic carbocycles. The Balaban J connectivity index is 0.000000616. The number of ether oxygens (including phenoxy) is 4. The zero-order valence-corrected chi connectivity index (χ0v) is 23.3. The second kappa shape index (κ2) is 16.3. The first-order valence-electron chi connectivity index (χ1n) is 13.1. The lowest BCUT2D eigenvalue weighted by atomic mass is 9.86. The van der Waals surface area contributed by atoms with Crippen molar-refractivity contribution in [1.82, 2.24) is 0 Å². The first kappa shape index (κ1) is 30.6. The molecule has 1 saturated heterocycles. The van der Waals surface area contributed by atoms with Crippen LogP contribution in [0.3, 0.4) is 0 Å². The number of hydrogen-bond donors (Lipinski definition) is 1. The van der Waals surface area contributed by atoms with Gasteiger partial charge in [0.1, 0.15) is 11.9 Å². The number of nitrogens with zero attached hydrogens (tertiary/aromatic N) is 2. The highest BCUT2D eigenvalue weighted by molar-refractivity contribution is 5.66. The van der Waals surface area contributed by atoms with Gasteiger partial charge in [0.2, 0.25) is 0 Å². The van der Waals surface area contributed by atoms with Crippen molar-refractivity contribution in [2.45, 2.75) is 52.2 Å². The van der Waals surface area contributed by atoms with E-state index in [4.69, 9.17) is 14.7 Å². The maximum absolute atomic E-state index is 10.9. The van der Waals surface area contributed by atoms with Crippen LogP contribution in [-0.2, 0) is 14.2 Å². The molecule has 2 aromatic rings. The standard InChI is InChI=1S/C25H30N2O3.C3H8O.C2H6O/c1-17(2)16-27(20-5-3-18(15-26)4-6-20)21-7-8-24-22(13-21)23(28)14-25(30-24)19-9-11-29-12-10-19;1-3-4-2;1-3-2/h3-8,13,17,19,23,25,28H,9-12,14,16H2,1-2H3;3H2,1-2H3;1-2H3. The average Bonchev–Trinajstić information content (AvgIpc) is 2.92. The Morgan fingerprint density at radius 2 is 1.65 bits per heavy atom. The molecule has 2 aromatic carbocycles. The molecule has 2 aliphatic rings. The molecule has 204 valence electrons. The van der Waals surface area contributed by atoms with Crippen molar-refractivity contribution in [1.29, 1.82) is 5.26 Å². The molecule has 2 unspecified atom stereocenters. The fourth-order valence-corrected chi connectivity index (χ4v) is 4.45. The van der Waals surface area contributed by atoms with Crippen LogP contribution in [0.5, 0.6) is 5.75 Å². The lowest BCUT2D eigenvalue weighted by molar-refractivity contribution is -0.0150. The Kier molecular flexibility index (Phi) is 13.4. The van der Waals surface area contributed by atoms with Gasteiger partial charge in [0, 0.05) is 77.0 Å². The van der Waals surface area contributed by atoms with E-state index in [0.29, 0.717) is 23.8 Å². The van der Waals surface area contributed by atoms with Gasteiger partial charge in [-0.15, -0.1) is 0 Å². The van der Waals surface area contributed by atoms with E-state index in [9.17, 15) is 5.11 Å². The minimum Gasteiger partial charge on any atom is -0.490 e. The molecule has 2 aliphatic heterocycles. The number of fused-ring (bicyclic) bond motifs is 1. The molecule has 0 bridgehead atoms. The van der Waals surface area contributed by atoms with Gasteiger partial charge in [-0.3, -0.25) is 0 Å². The summed E-state index contributed by atoms with van der Waals surface area (Å²) in [5.74, 6) is 1.69. The summed E-state index contributed by atoms with van der Waals surface area (Å²) < 4.78 is 20.6. The Morgan fingerprint density at radius 1 is 1.05 bits per heavy atom. The Labute approximate surface area is 222 Å². The molecular formula is C30H44N2O5. The van der Waals surface area contributed by atoms with Crippen molar-refractivity contribution in [2.24, 2.45) is 11.8 Å². The van der Waals surface area contributed by atoms with Crippen LogP contribution in [0.4, 0.5) is 11.4 Å². The number of aliphatic hydroxyl groups is 1. The largest absolute Gasteiger partial charge is 0.490 e. The van der Waals surface area contributed by atoms with Crippen LogP contribution in [0.2, 0.25) is 0 Å². The van der Waals surface area contributed by atoms with Crippen molar-refractivity contribution < 1.29 is 24.1 Å². The first-order valence-corrected chi connectivity index (χ1v) is 13.1. The summed E-state index contributed by atoms with van der Waals surface area (Å²) in [6, 6.07) is 15.9. The fourth-order valence-electron chi connectivity index (χ4n) is 4.45. The van der Waals surface area contributed by atoms with Gasteiger partial charge < -0.3 is 29.0 Å². The number of nitriles is 1. The van der Waals surface area contributed by atoms with Crippen LogP contribution in [0.15, 0.2) is 42.5 Å². The summed E-state index contributed by atoms with van der Waals surface area (Å²) in [7, 11) is 4.93. The fraction of sp³-hybridized carbons (Fsp3) is 0.567. The van der Waals surface area contributed by atoms with Crippen molar-refractivity contribution in [3.63, 3.8) is 0 Å². The van der Waals surface area contributed by atoms with E-state index in [-0.39, 0.29) is 6.10 Å². The monoisotopic (exact) mass is 512 g/mol. The summed E-state index contributed by atoms with van der Waals surface area (Å²) in [5.41, 5.74) is 3.57. The van der Waals surface area contributed by atoms with Crippen LogP contribution in [0, 0.1) is 23.2 Å². The molecular weight excluding hydrogens is 468 g/mol. The van der Waals surface area contributed by atoms with Gasteiger partial charge in [0.25, 0.3) is 0 Å². The van der Waals surface area contributed by atoms with Crippen molar-refractivity contribution in [3.8, 4) is 11.8 Å². The van der Waals surface area contributed by atoms with Gasteiger partial charge in [0.05, 0.1) is 17.7 Å². The summed E-state index contributed by atoms with van der Waals surface area (Å²) >= 11 is 0. The van der Waals surface area contributed by atoms with Crippen LogP contribution in [-0.4, -0.2) is 58.9 Å². The summed E-state index contributed by atoms with van der Waals surface area (Å²) in [6.07, 6.45) is 2.13. The molecule has 0 radical (unpaired) electrons. The highest BCUT2D eigenvalue weighted by Crippen LogP contribution is 2.41. The topological polar surface area (TPSA) is 84.2 Å². The highest BCUT2D eigenvalue weighted by Gasteiger charge is 2.34. The lowest BCUT2D eigenvalue weighted by Gasteiger charge is -2.37. The molecule has 0 saturated carbocycles. The maximum Gasteiger partial charge on any atom is 0.125 e. The van der Waals surface area contributed by atoms with E-state index in [0.717, 1.165) is 61.9 Å². The normalized spacial score (nSPS) is 18.8. The van der Waals surface area contributed by atoms with Gasteiger partial charge in [-0.05, 0) is 68.1 Å². The van der Waals surface area contributed by atoms with Crippen molar-refractivity contribution in [3.05, 3.63) is 53.6 Å². The second-order valence-corrected chi connectivity index (χ2v) is 9.73. The number of rotatable bonds is 6. The SMILES string of the molecule is CC(C)CN(c1ccc(C#N)cc1)c1ccc2c(c1)C(O)CC(C1CCOCC1)O2.CCOC.COC. The van der Waals surface area contributed by atoms with Crippen LogP contribution in [0.25, 0.3) is 0 Å². The number of hydrogen-bond acceptors (Lipinski definition) is 7. The summed E-state index contributed by atoms with van der Waals surface area (Å²) in [4.78, 5) is 2.24. The number of anilines is 2. The van der Waals surface area contributed by atoms with Crippen LogP contribution in [0.1, 0.15) is 57.3 Å². The van der Waals surface area contributed by atoms with E-state index < -0.39 is 6.10 Å². The maximum atomic E-state index is 10.9. The lowest BCUT2D eigenvalue weighted by Crippen LogP contribution is -2.36.